The lowest BCUT2D eigenvalue weighted by atomic mass is 10.0. The summed E-state index contributed by atoms with van der Waals surface area (Å²) in [6.07, 6.45) is 3.75. The van der Waals surface area contributed by atoms with Crippen LogP contribution in [0.25, 0.3) is 11.0 Å². The van der Waals surface area contributed by atoms with Gasteiger partial charge in [-0.25, -0.2) is 19.1 Å². The number of rotatable bonds is 11. The van der Waals surface area contributed by atoms with Gasteiger partial charge in [0.15, 0.2) is 0 Å². The summed E-state index contributed by atoms with van der Waals surface area (Å²) in [7, 11) is 1.16. The minimum atomic E-state index is -1.08. The molecule has 3 rings (SSSR count). The van der Waals surface area contributed by atoms with Gasteiger partial charge in [0, 0.05) is 6.20 Å². The van der Waals surface area contributed by atoms with Gasteiger partial charge in [0.05, 0.1) is 24.7 Å². The number of alkyl carbamates (subject to hydrolysis) is 1. The number of imidazole rings is 1. The van der Waals surface area contributed by atoms with Crippen LogP contribution in [-0.4, -0.2) is 56.9 Å². The minimum Gasteiger partial charge on any atom is -0.453 e. The Hall–Kier alpha value is -4.94. The van der Waals surface area contributed by atoms with Crippen molar-refractivity contribution in [3.05, 3.63) is 70.4 Å². The smallest absolute Gasteiger partial charge is 0.420 e. The van der Waals surface area contributed by atoms with Gasteiger partial charge in [-0.3, -0.25) is 14.4 Å². The summed E-state index contributed by atoms with van der Waals surface area (Å²) in [5.41, 5.74) is 5.88. The number of nitrogens with two attached hydrogens (primary N) is 1. The van der Waals surface area contributed by atoms with Crippen LogP contribution < -0.4 is 21.9 Å². The fourth-order valence-corrected chi connectivity index (χ4v) is 4.49. The molecule has 13 nitrogen and oxygen atoms in total. The van der Waals surface area contributed by atoms with Crippen molar-refractivity contribution in [1.29, 1.82) is 0 Å². The third kappa shape index (κ3) is 9.03. The Balaban J connectivity index is 1.97. The third-order valence-corrected chi connectivity index (χ3v) is 6.33. The standard InChI is InChI=1S/C31H40N6O7/c1-19(2)17-20-11-9-14-23-26(20)35-25(37(23)30(42)44-31(3,4)5)18-36-16-10-13-22(28(36)40)33-27(39)21(34-29(41)43-6)12-7-8-15-24(32)38/h8-11,13-16,19,21H,7,12,17-18H2,1-6H3,(H2,32,38)(H,33,39)(H,34,41)/b15-8+/t21-/m0/s1. The van der Waals surface area contributed by atoms with Crippen molar-refractivity contribution < 1.29 is 28.7 Å². The molecule has 0 fully saturated rings. The zero-order chi connectivity index (χ0) is 32.6. The van der Waals surface area contributed by atoms with Crippen molar-refractivity contribution in [2.45, 2.75) is 72.1 Å². The van der Waals surface area contributed by atoms with E-state index >= 15 is 0 Å². The van der Waals surface area contributed by atoms with Crippen LogP contribution in [0.3, 0.4) is 0 Å². The maximum atomic E-state index is 13.5. The number of carbonyl (C=O) groups is 4. The van der Waals surface area contributed by atoms with Crippen LogP contribution in [0.1, 0.15) is 58.8 Å². The molecule has 1 atom stereocenters. The molecule has 0 aliphatic rings. The number of anilines is 1. The predicted octanol–water partition coefficient (Wildman–Crippen LogP) is 3.71. The van der Waals surface area contributed by atoms with Gasteiger partial charge in [0.1, 0.15) is 23.2 Å². The van der Waals surface area contributed by atoms with E-state index in [4.69, 9.17) is 15.5 Å². The second-order valence-corrected chi connectivity index (χ2v) is 11.6. The Morgan fingerprint density at radius 1 is 1.11 bits per heavy atom. The van der Waals surface area contributed by atoms with Crippen molar-refractivity contribution >= 4 is 40.7 Å². The molecular formula is C31H40N6O7. The number of hydrogen-bond donors (Lipinski definition) is 3. The number of hydrogen-bond acceptors (Lipinski definition) is 8. The number of carbonyl (C=O) groups excluding carboxylic acids is 4. The Morgan fingerprint density at radius 2 is 1.84 bits per heavy atom. The number of amides is 3. The molecule has 0 aliphatic carbocycles. The first-order valence-electron chi connectivity index (χ1n) is 14.2. The van der Waals surface area contributed by atoms with Gasteiger partial charge in [0.25, 0.3) is 5.56 Å². The fourth-order valence-electron chi connectivity index (χ4n) is 4.49. The van der Waals surface area contributed by atoms with E-state index in [1.807, 2.05) is 12.1 Å². The largest absolute Gasteiger partial charge is 0.453 e. The Labute approximate surface area is 255 Å². The highest BCUT2D eigenvalue weighted by molar-refractivity contribution is 5.96. The van der Waals surface area contributed by atoms with E-state index in [-0.39, 0.29) is 30.9 Å². The van der Waals surface area contributed by atoms with Gasteiger partial charge in [-0.2, -0.15) is 0 Å². The molecule has 236 valence electrons. The Kier molecular flexibility index (Phi) is 11.1. The zero-order valence-electron chi connectivity index (χ0n) is 25.9. The third-order valence-electron chi connectivity index (χ3n) is 6.33. The molecule has 0 spiro atoms. The Morgan fingerprint density at radius 3 is 2.48 bits per heavy atom. The number of para-hydroxylation sites is 1. The number of allylic oxidation sites excluding steroid dienone is 1. The highest BCUT2D eigenvalue weighted by Crippen LogP contribution is 2.24. The maximum Gasteiger partial charge on any atom is 0.420 e. The number of primary amides is 1. The lowest BCUT2D eigenvalue weighted by Crippen LogP contribution is -2.44. The topological polar surface area (TPSA) is 177 Å². The zero-order valence-corrected chi connectivity index (χ0v) is 25.9. The van der Waals surface area contributed by atoms with Crippen molar-refractivity contribution in [3.63, 3.8) is 0 Å². The van der Waals surface area contributed by atoms with Crippen LogP contribution in [0, 0.1) is 5.92 Å². The molecule has 0 aliphatic heterocycles. The monoisotopic (exact) mass is 608 g/mol. The SMILES string of the molecule is COC(=O)N[C@@H](CC/C=C/C(N)=O)C(=O)Nc1cccn(Cc2nc3c(CC(C)C)cccc3n2C(=O)OC(C)(C)C)c1=O. The first-order valence-corrected chi connectivity index (χ1v) is 14.2. The van der Waals surface area contributed by atoms with E-state index in [1.165, 1.54) is 27.5 Å². The quantitative estimate of drug-likeness (QED) is 0.276. The van der Waals surface area contributed by atoms with E-state index < -0.39 is 41.2 Å². The molecule has 13 heteroatoms. The van der Waals surface area contributed by atoms with E-state index in [1.54, 1.807) is 32.9 Å². The number of nitrogens with one attached hydrogen (secondary N) is 2. The summed E-state index contributed by atoms with van der Waals surface area (Å²) in [6, 6.07) is 7.52. The number of aromatic nitrogens is 3. The molecule has 0 saturated carbocycles. The van der Waals surface area contributed by atoms with Crippen LogP contribution >= 0.6 is 0 Å². The first-order chi connectivity index (χ1) is 20.7. The molecule has 0 saturated heterocycles. The molecule has 1 aromatic carbocycles. The van der Waals surface area contributed by atoms with E-state index in [0.29, 0.717) is 17.0 Å². The molecule has 2 heterocycles. The highest BCUT2D eigenvalue weighted by Gasteiger charge is 2.26. The van der Waals surface area contributed by atoms with Crippen molar-refractivity contribution in [2.75, 3.05) is 12.4 Å². The average Bonchev–Trinajstić information content (AvgIpc) is 3.30. The lowest BCUT2D eigenvalue weighted by molar-refractivity contribution is -0.118. The van der Waals surface area contributed by atoms with Crippen LogP contribution in [-0.2, 0) is 32.0 Å². The molecule has 3 aromatic rings. The minimum absolute atomic E-state index is 0.0535. The van der Waals surface area contributed by atoms with E-state index in [2.05, 4.69) is 29.2 Å². The molecule has 0 radical (unpaired) electrons. The van der Waals surface area contributed by atoms with Crippen LogP contribution in [0.4, 0.5) is 15.3 Å². The number of pyridine rings is 1. The van der Waals surface area contributed by atoms with E-state index in [9.17, 15) is 24.0 Å². The number of nitrogens with zero attached hydrogens (tertiary/aromatic N) is 3. The first kappa shape index (κ1) is 33.6. The van der Waals surface area contributed by atoms with Crippen LogP contribution in [0.5, 0.6) is 0 Å². The molecule has 0 bridgehead atoms. The summed E-state index contributed by atoms with van der Waals surface area (Å²) in [5, 5.41) is 4.99. The van der Waals surface area contributed by atoms with Crippen LogP contribution in [0.2, 0.25) is 0 Å². The lowest BCUT2D eigenvalue weighted by Gasteiger charge is -2.20. The van der Waals surface area contributed by atoms with Gasteiger partial charge in [-0.1, -0.05) is 32.1 Å². The second kappa shape index (κ2) is 14.5. The summed E-state index contributed by atoms with van der Waals surface area (Å²) < 4.78 is 13.0. The highest BCUT2D eigenvalue weighted by atomic mass is 16.6. The summed E-state index contributed by atoms with van der Waals surface area (Å²) in [5.74, 6) is -0.692. The number of ether oxygens (including phenoxy) is 2. The molecule has 44 heavy (non-hydrogen) atoms. The summed E-state index contributed by atoms with van der Waals surface area (Å²) >= 11 is 0. The van der Waals surface area contributed by atoms with Gasteiger partial charge >= 0.3 is 12.2 Å². The predicted molar refractivity (Wildman–Crippen MR) is 165 cm³/mol. The molecular weight excluding hydrogens is 568 g/mol. The summed E-state index contributed by atoms with van der Waals surface area (Å²) in [4.78, 5) is 67.6. The van der Waals surface area contributed by atoms with Gasteiger partial charge in [-0.05, 0) is 75.8 Å². The number of fused-ring (bicyclic) bond motifs is 1. The molecule has 0 unspecified atom stereocenters. The molecule has 4 N–H and O–H groups in total. The Bertz CT molecular complexity index is 1610. The molecule has 2 aromatic heterocycles. The van der Waals surface area contributed by atoms with Crippen molar-refractivity contribution in [3.8, 4) is 0 Å². The molecule has 3 amide bonds. The van der Waals surface area contributed by atoms with Crippen LogP contribution in [0.15, 0.2) is 53.5 Å². The average molecular weight is 609 g/mol. The van der Waals surface area contributed by atoms with Crippen molar-refractivity contribution in [1.82, 2.24) is 19.4 Å². The van der Waals surface area contributed by atoms with Gasteiger partial charge in [0.2, 0.25) is 11.8 Å². The fraction of sp³-hybridized carbons (Fsp3) is 0.419. The maximum absolute atomic E-state index is 13.5. The van der Waals surface area contributed by atoms with E-state index in [0.717, 1.165) is 25.2 Å². The van der Waals surface area contributed by atoms with Gasteiger partial charge < -0.3 is 30.4 Å². The number of methoxy groups -OCH3 is 1. The van der Waals surface area contributed by atoms with Gasteiger partial charge in [-0.15, -0.1) is 0 Å². The summed E-state index contributed by atoms with van der Waals surface area (Å²) in [6.45, 7) is 9.38. The van der Waals surface area contributed by atoms with Crippen molar-refractivity contribution in [2.24, 2.45) is 11.7 Å². The second-order valence-electron chi connectivity index (χ2n) is 11.6. The number of benzene rings is 1. The normalized spacial score (nSPS) is 12.3.